The number of halogens is 1. The van der Waals surface area contributed by atoms with Crippen molar-refractivity contribution in [3.05, 3.63) is 53.4 Å². The third kappa shape index (κ3) is 2.83. The molecule has 1 aromatic carbocycles. The average molecular weight is 382 g/mol. The number of pyridine rings is 1. The molecule has 0 aliphatic carbocycles. The maximum absolute atomic E-state index is 4.54. The van der Waals surface area contributed by atoms with Gasteiger partial charge in [0.15, 0.2) is 5.82 Å². The van der Waals surface area contributed by atoms with Gasteiger partial charge in [0, 0.05) is 41.4 Å². The van der Waals surface area contributed by atoms with Gasteiger partial charge in [0.25, 0.3) is 0 Å². The summed E-state index contributed by atoms with van der Waals surface area (Å²) in [4.78, 5) is 13.0. The molecule has 0 radical (unpaired) electrons. The molecule has 24 heavy (non-hydrogen) atoms. The second kappa shape index (κ2) is 5.97. The number of benzene rings is 1. The first kappa shape index (κ1) is 14.7. The van der Waals surface area contributed by atoms with E-state index in [-0.39, 0.29) is 0 Å². The fourth-order valence-corrected chi connectivity index (χ4v) is 2.73. The summed E-state index contributed by atoms with van der Waals surface area (Å²) in [6.07, 6.45) is 5.17. The average Bonchev–Trinajstić information content (AvgIpc) is 2.96. The smallest absolute Gasteiger partial charge is 0.163 e. The van der Waals surface area contributed by atoms with Gasteiger partial charge in [-0.1, -0.05) is 5.21 Å². The highest BCUT2D eigenvalue weighted by molar-refractivity contribution is 9.10. The van der Waals surface area contributed by atoms with Crippen molar-refractivity contribution >= 4 is 38.5 Å². The number of aromatic nitrogens is 6. The van der Waals surface area contributed by atoms with Crippen molar-refractivity contribution < 1.29 is 0 Å². The molecular formula is C16H12BrN7. The minimum absolute atomic E-state index is 0.606. The molecule has 0 saturated heterocycles. The first-order valence-electron chi connectivity index (χ1n) is 7.19. The maximum atomic E-state index is 4.54. The molecule has 4 rings (SSSR count). The molecule has 0 fully saturated rings. The van der Waals surface area contributed by atoms with E-state index in [1.165, 1.54) is 0 Å². The molecule has 4 aromatic rings. The Morgan fingerprint density at radius 3 is 2.92 bits per heavy atom. The van der Waals surface area contributed by atoms with Crippen LogP contribution in [0, 0.1) is 0 Å². The van der Waals surface area contributed by atoms with Crippen LogP contribution in [0.5, 0.6) is 0 Å². The number of anilines is 2. The lowest BCUT2D eigenvalue weighted by Gasteiger charge is -2.07. The topological polar surface area (TPSA) is 81.4 Å². The van der Waals surface area contributed by atoms with Gasteiger partial charge in [-0.05, 0) is 46.3 Å². The van der Waals surface area contributed by atoms with Crippen molar-refractivity contribution in [3.63, 3.8) is 0 Å². The molecule has 8 heteroatoms. The Morgan fingerprint density at radius 2 is 2.04 bits per heavy atom. The Morgan fingerprint density at radius 1 is 1.12 bits per heavy atom. The first-order chi connectivity index (χ1) is 11.7. The van der Waals surface area contributed by atoms with E-state index in [0.29, 0.717) is 11.6 Å². The van der Waals surface area contributed by atoms with Gasteiger partial charge in [0.05, 0.1) is 5.52 Å². The van der Waals surface area contributed by atoms with Crippen LogP contribution in [0.25, 0.3) is 22.4 Å². The standard InChI is InChI=1S/C16H12BrN7/c1-24-14-3-2-12(7-13(14)22-23-24)20-15-4-5-19-16(21-15)10-6-11(17)9-18-8-10/h2-9H,1H3,(H,19,20,21). The molecule has 0 unspecified atom stereocenters. The van der Waals surface area contributed by atoms with Gasteiger partial charge >= 0.3 is 0 Å². The van der Waals surface area contributed by atoms with Gasteiger partial charge < -0.3 is 5.32 Å². The number of hydrogen-bond acceptors (Lipinski definition) is 6. The second-order valence-corrected chi connectivity index (χ2v) is 6.11. The summed E-state index contributed by atoms with van der Waals surface area (Å²) < 4.78 is 2.62. The van der Waals surface area contributed by atoms with Crippen LogP contribution in [0.2, 0.25) is 0 Å². The molecule has 3 heterocycles. The van der Waals surface area contributed by atoms with Crippen LogP contribution in [-0.4, -0.2) is 29.9 Å². The predicted octanol–water partition coefficient (Wildman–Crippen LogP) is 3.33. The zero-order chi connectivity index (χ0) is 16.5. The summed E-state index contributed by atoms with van der Waals surface area (Å²) in [5.74, 6) is 1.30. The van der Waals surface area contributed by atoms with Crippen LogP contribution in [0.3, 0.4) is 0 Å². The summed E-state index contributed by atoms with van der Waals surface area (Å²) in [6.45, 7) is 0. The number of hydrogen-bond donors (Lipinski definition) is 1. The van der Waals surface area contributed by atoms with Crippen LogP contribution in [0.15, 0.2) is 53.4 Å². The maximum Gasteiger partial charge on any atom is 0.163 e. The number of rotatable bonds is 3. The van der Waals surface area contributed by atoms with E-state index in [4.69, 9.17) is 0 Å². The monoisotopic (exact) mass is 381 g/mol. The van der Waals surface area contributed by atoms with Gasteiger partial charge in [-0.15, -0.1) is 5.10 Å². The second-order valence-electron chi connectivity index (χ2n) is 5.20. The highest BCUT2D eigenvalue weighted by atomic mass is 79.9. The lowest BCUT2D eigenvalue weighted by atomic mass is 10.2. The van der Waals surface area contributed by atoms with Crippen LogP contribution in [0.4, 0.5) is 11.5 Å². The largest absolute Gasteiger partial charge is 0.340 e. The van der Waals surface area contributed by atoms with Gasteiger partial charge in [-0.3, -0.25) is 4.98 Å². The summed E-state index contributed by atoms with van der Waals surface area (Å²) in [6, 6.07) is 9.62. The molecule has 0 aliphatic rings. The van der Waals surface area contributed by atoms with Crippen molar-refractivity contribution in [3.8, 4) is 11.4 Å². The lowest BCUT2D eigenvalue weighted by Crippen LogP contribution is -1.97. The third-order valence-electron chi connectivity index (χ3n) is 3.50. The molecule has 0 spiro atoms. The molecule has 0 bridgehead atoms. The van der Waals surface area contributed by atoms with E-state index in [0.717, 1.165) is 26.8 Å². The van der Waals surface area contributed by atoms with Gasteiger partial charge in [-0.25, -0.2) is 14.6 Å². The van der Waals surface area contributed by atoms with E-state index in [1.54, 1.807) is 23.3 Å². The Bertz CT molecular complexity index is 1030. The highest BCUT2D eigenvalue weighted by Gasteiger charge is 2.06. The highest BCUT2D eigenvalue weighted by Crippen LogP contribution is 2.22. The van der Waals surface area contributed by atoms with Gasteiger partial charge in [-0.2, -0.15) is 0 Å². The van der Waals surface area contributed by atoms with E-state index in [9.17, 15) is 0 Å². The molecule has 0 atom stereocenters. The number of nitrogens with zero attached hydrogens (tertiary/aromatic N) is 6. The quantitative estimate of drug-likeness (QED) is 0.586. The van der Waals surface area contributed by atoms with Crippen molar-refractivity contribution in [1.29, 1.82) is 0 Å². The van der Waals surface area contributed by atoms with Crippen LogP contribution in [0.1, 0.15) is 0 Å². The van der Waals surface area contributed by atoms with Crippen molar-refractivity contribution in [2.24, 2.45) is 7.05 Å². The Labute approximate surface area is 145 Å². The number of aryl methyl sites for hydroxylation is 1. The zero-order valence-electron chi connectivity index (χ0n) is 12.7. The summed E-state index contributed by atoms with van der Waals surface area (Å²) >= 11 is 3.41. The number of fused-ring (bicyclic) bond motifs is 1. The minimum atomic E-state index is 0.606. The zero-order valence-corrected chi connectivity index (χ0v) is 14.3. The van der Waals surface area contributed by atoms with E-state index in [1.807, 2.05) is 37.4 Å². The molecule has 0 saturated carbocycles. The fourth-order valence-electron chi connectivity index (χ4n) is 2.37. The predicted molar refractivity (Wildman–Crippen MR) is 94.8 cm³/mol. The normalized spacial score (nSPS) is 10.9. The Hall–Kier alpha value is -2.87. The molecule has 1 N–H and O–H groups in total. The minimum Gasteiger partial charge on any atom is -0.340 e. The summed E-state index contributed by atoms with van der Waals surface area (Å²) in [5, 5.41) is 11.4. The van der Waals surface area contributed by atoms with Crippen LogP contribution in [-0.2, 0) is 7.05 Å². The first-order valence-corrected chi connectivity index (χ1v) is 7.99. The molecular weight excluding hydrogens is 370 g/mol. The Balaban J connectivity index is 1.65. The summed E-state index contributed by atoms with van der Waals surface area (Å²) in [5.41, 5.74) is 3.54. The fraction of sp³-hybridized carbons (Fsp3) is 0.0625. The van der Waals surface area contributed by atoms with E-state index in [2.05, 4.69) is 46.5 Å². The van der Waals surface area contributed by atoms with E-state index >= 15 is 0 Å². The van der Waals surface area contributed by atoms with Crippen LogP contribution >= 0.6 is 15.9 Å². The lowest BCUT2D eigenvalue weighted by molar-refractivity contribution is 0.736. The summed E-state index contributed by atoms with van der Waals surface area (Å²) in [7, 11) is 1.87. The number of nitrogens with one attached hydrogen (secondary N) is 1. The van der Waals surface area contributed by atoms with Crippen molar-refractivity contribution in [2.75, 3.05) is 5.32 Å². The molecule has 3 aromatic heterocycles. The van der Waals surface area contributed by atoms with E-state index < -0.39 is 0 Å². The van der Waals surface area contributed by atoms with Crippen molar-refractivity contribution in [2.45, 2.75) is 0 Å². The molecule has 0 aliphatic heterocycles. The van der Waals surface area contributed by atoms with Crippen molar-refractivity contribution in [1.82, 2.24) is 29.9 Å². The van der Waals surface area contributed by atoms with Gasteiger partial charge in [0.2, 0.25) is 0 Å². The Kier molecular flexibility index (Phi) is 3.66. The molecule has 7 nitrogen and oxygen atoms in total. The molecule has 118 valence electrons. The third-order valence-corrected chi connectivity index (χ3v) is 3.94. The van der Waals surface area contributed by atoms with Crippen LogP contribution < -0.4 is 5.32 Å². The van der Waals surface area contributed by atoms with Gasteiger partial charge in [0.1, 0.15) is 11.3 Å². The SMILES string of the molecule is Cn1nnc2cc(Nc3ccnc(-c4cncc(Br)c4)n3)ccc21. The molecule has 0 amide bonds.